The largest absolute Gasteiger partial charge is 0.497 e. The first-order chi connectivity index (χ1) is 12.0. The van der Waals surface area contributed by atoms with E-state index in [4.69, 9.17) is 4.74 Å². The number of benzene rings is 2. The Labute approximate surface area is 145 Å². The highest BCUT2D eigenvalue weighted by atomic mass is 19.1. The van der Waals surface area contributed by atoms with Crippen LogP contribution in [-0.2, 0) is 11.3 Å². The van der Waals surface area contributed by atoms with Crippen LogP contribution in [0.15, 0.2) is 42.5 Å². The number of nitrogens with zero attached hydrogens (tertiary/aromatic N) is 2. The number of piperazine rings is 1. The molecule has 2 aromatic rings. The Morgan fingerprint density at radius 3 is 2.48 bits per heavy atom. The lowest BCUT2D eigenvalue weighted by Gasteiger charge is -2.39. The molecular weight excluding hydrogens is 326 g/mol. The molecule has 4 nitrogen and oxygen atoms in total. The molecular formula is C19H20F2N2O2. The molecule has 0 bridgehead atoms. The number of ether oxygens (including phenoxy) is 1. The van der Waals surface area contributed by atoms with E-state index in [0.29, 0.717) is 19.6 Å². The van der Waals surface area contributed by atoms with Crippen molar-refractivity contribution in [1.29, 1.82) is 0 Å². The van der Waals surface area contributed by atoms with Crippen LogP contribution in [0.1, 0.15) is 12.5 Å². The molecule has 0 spiro atoms. The highest BCUT2D eigenvalue weighted by Crippen LogP contribution is 2.25. The minimum absolute atomic E-state index is 0.127. The van der Waals surface area contributed by atoms with Gasteiger partial charge in [0.1, 0.15) is 17.4 Å². The average molecular weight is 346 g/mol. The zero-order valence-electron chi connectivity index (χ0n) is 14.2. The zero-order valence-corrected chi connectivity index (χ0v) is 14.2. The molecule has 0 N–H and O–H groups in total. The molecule has 1 atom stereocenters. The number of methoxy groups -OCH3 is 1. The molecule has 0 aromatic heterocycles. The second-order valence-corrected chi connectivity index (χ2v) is 6.08. The molecule has 1 amide bonds. The molecule has 132 valence electrons. The summed E-state index contributed by atoms with van der Waals surface area (Å²) in [6.07, 6.45) is 0. The van der Waals surface area contributed by atoms with Gasteiger partial charge in [0.05, 0.1) is 18.8 Å². The molecule has 0 saturated carbocycles. The summed E-state index contributed by atoms with van der Waals surface area (Å²) in [6.45, 7) is 3.40. The van der Waals surface area contributed by atoms with E-state index in [1.807, 2.05) is 29.2 Å². The van der Waals surface area contributed by atoms with Crippen LogP contribution in [0, 0.1) is 11.6 Å². The van der Waals surface area contributed by atoms with Crippen LogP contribution < -0.4 is 9.64 Å². The lowest BCUT2D eigenvalue weighted by Crippen LogP contribution is -2.55. The number of amides is 1. The Balaban J connectivity index is 1.72. The van der Waals surface area contributed by atoms with Crippen molar-refractivity contribution in [1.82, 2.24) is 4.90 Å². The first-order valence-electron chi connectivity index (χ1n) is 8.13. The first kappa shape index (κ1) is 17.4. The maximum Gasteiger partial charge on any atom is 0.244 e. The van der Waals surface area contributed by atoms with Gasteiger partial charge in [0.25, 0.3) is 0 Å². The highest BCUT2D eigenvalue weighted by molar-refractivity contribution is 5.97. The summed E-state index contributed by atoms with van der Waals surface area (Å²) in [4.78, 5) is 16.1. The molecule has 2 aromatic carbocycles. The van der Waals surface area contributed by atoms with E-state index in [0.717, 1.165) is 17.4 Å². The van der Waals surface area contributed by atoms with Gasteiger partial charge in [-0.25, -0.2) is 8.78 Å². The van der Waals surface area contributed by atoms with Crippen molar-refractivity contribution in [3.05, 3.63) is 59.7 Å². The summed E-state index contributed by atoms with van der Waals surface area (Å²) in [5.41, 5.74) is 1.20. The second kappa shape index (κ2) is 7.19. The van der Waals surface area contributed by atoms with Crippen molar-refractivity contribution in [3.63, 3.8) is 0 Å². The smallest absolute Gasteiger partial charge is 0.244 e. The van der Waals surface area contributed by atoms with Crippen molar-refractivity contribution in [2.24, 2.45) is 0 Å². The van der Waals surface area contributed by atoms with Crippen LogP contribution in [-0.4, -0.2) is 37.0 Å². The third kappa shape index (κ3) is 3.64. The maximum atomic E-state index is 14.0. The Morgan fingerprint density at radius 1 is 1.12 bits per heavy atom. The molecule has 25 heavy (non-hydrogen) atoms. The molecule has 1 heterocycles. The molecule has 1 fully saturated rings. The van der Waals surface area contributed by atoms with E-state index in [1.165, 1.54) is 17.0 Å². The van der Waals surface area contributed by atoms with E-state index in [2.05, 4.69) is 0 Å². The van der Waals surface area contributed by atoms with Crippen LogP contribution in [0.3, 0.4) is 0 Å². The van der Waals surface area contributed by atoms with Gasteiger partial charge in [-0.2, -0.15) is 0 Å². The van der Waals surface area contributed by atoms with Gasteiger partial charge in [-0.15, -0.1) is 0 Å². The number of halogens is 2. The number of hydrogen-bond acceptors (Lipinski definition) is 3. The molecule has 1 aliphatic heterocycles. The summed E-state index contributed by atoms with van der Waals surface area (Å²) in [6, 6.07) is 10.6. The lowest BCUT2D eigenvalue weighted by atomic mass is 10.1. The molecule has 0 radical (unpaired) electrons. The van der Waals surface area contributed by atoms with Crippen molar-refractivity contribution in [2.75, 3.05) is 25.1 Å². The highest BCUT2D eigenvalue weighted by Gasteiger charge is 2.33. The molecule has 1 aliphatic rings. The van der Waals surface area contributed by atoms with Crippen LogP contribution in [0.5, 0.6) is 5.75 Å². The molecule has 0 aliphatic carbocycles. The standard InChI is InChI=1S/C19H20F2N2O2/c1-13-19(24)23(18-8-5-15(20)11-17(18)21)10-9-22(13)12-14-3-6-16(25-2)7-4-14/h3-8,11,13H,9-10,12H2,1-2H3/t13-/m0/s1. The monoisotopic (exact) mass is 346 g/mol. The van der Waals surface area contributed by atoms with Crippen LogP contribution in [0.25, 0.3) is 0 Å². The summed E-state index contributed by atoms with van der Waals surface area (Å²) < 4.78 is 32.2. The minimum atomic E-state index is -0.718. The maximum absolute atomic E-state index is 14.0. The average Bonchev–Trinajstić information content (AvgIpc) is 2.61. The fraction of sp³-hybridized carbons (Fsp3) is 0.316. The third-order valence-corrected chi connectivity index (χ3v) is 4.53. The summed E-state index contributed by atoms with van der Waals surface area (Å²) in [5.74, 6) is -0.779. The number of anilines is 1. The number of hydrogen-bond donors (Lipinski definition) is 0. The van der Waals surface area contributed by atoms with Crippen molar-refractivity contribution < 1.29 is 18.3 Å². The van der Waals surface area contributed by atoms with Gasteiger partial charge in [0.15, 0.2) is 0 Å². The van der Waals surface area contributed by atoms with E-state index in [9.17, 15) is 13.6 Å². The van der Waals surface area contributed by atoms with Gasteiger partial charge in [-0.3, -0.25) is 9.69 Å². The van der Waals surface area contributed by atoms with E-state index in [-0.39, 0.29) is 17.6 Å². The van der Waals surface area contributed by atoms with Crippen LogP contribution in [0.4, 0.5) is 14.5 Å². The fourth-order valence-corrected chi connectivity index (χ4v) is 3.03. The Morgan fingerprint density at radius 2 is 1.84 bits per heavy atom. The number of carbonyl (C=O) groups excluding carboxylic acids is 1. The third-order valence-electron chi connectivity index (χ3n) is 4.53. The van der Waals surface area contributed by atoms with Gasteiger partial charge in [-0.1, -0.05) is 12.1 Å². The fourth-order valence-electron chi connectivity index (χ4n) is 3.03. The lowest BCUT2D eigenvalue weighted by molar-refractivity contribution is -0.125. The predicted octanol–water partition coefficient (Wildman–Crippen LogP) is 3.21. The van der Waals surface area contributed by atoms with Gasteiger partial charge in [-0.05, 0) is 36.8 Å². The summed E-state index contributed by atoms with van der Waals surface area (Å²) in [5, 5.41) is 0. The van der Waals surface area contributed by atoms with Crippen molar-refractivity contribution >= 4 is 11.6 Å². The van der Waals surface area contributed by atoms with E-state index >= 15 is 0 Å². The van der Waals surface area contributed by atoms with Gasteiger partial charge >= 0.3 is 0 Å². The van der Waals surface area contributed by atoms with Gasteiger partial charge < -0.3 is 9.64 Å². The topological polar surface area (TPSA) is 32.8 Å². The number of rotatable bonds is 4. The van der Waals surface area contributed by atoms with Crippen LogP contribution in [0.2, 0.25) is 0 Å². The van der Waals surface area contributed by atoms with Crippen molar-refractivity contribution in [2.45, 2.75) is 19.5 Å². The quantitative estimate of drug-likeness (QED) is 0.852. The van der Waals surface area contributed by atoms with Gasteiger partial charge in [0.2, 0.25) is 5.91 Å². The Kier molecular flexibility index (Phi) is 4.99. The minimum Gasteiger partial charge on any atom is -0.497 e. The van der Waals surface area contributed by atoms with Gasteiger partial charge in [0, 0.05) is 25.7 Å². The number of carbonyl (C=O) groups is 1. The van der Waals surface area contributed by atoms with Crippen molar-refractivity contribution in [3.8, 4) is 5.75 Å². The Bertz CT molecular complexity index is 765. The van der Waals surface area contributed by atoms with Crippen LogP contribution >= 0.6 is 0 Å². The second-order valence-electron chi connectivity index (χ2n) is 6.08. The SMILES string of the molecule is COc1ccc(CN2CCN(c3ccc(F)cc3F)C(=O)[C@@H]2C)cc1. The predicted molar refractivity (Wildman–Crippen MR) is 91.6 cm³/mol. The Hall–Kier alpha value is -2.47. The van der Waals surface area contributed by atoms with E-state index in [1.54, 1.807) is 14.0 Å². The molecule has 6 heteroatoms. The molecule has 3 rings (SSSR count). The summed E-state index contributed by atoms with van der Waals surface area (Å²) in [7, 11) is 1.61. The zero-order chi connectivity index (χ0) is 18.0. The first-order valence-corrected chi connectivity index (χ1v) is 8.13. The molecule has 0 unspecified atom stereocenters. The summed E-state index contributed by atoms with van der Waals surface area (Å²) >= 11 is 0. The van der Waals surface area contributed by atoms with E-state index < -0.39 is 11.6 Å². The normalized spacial score (nSPS) is 18.5. The molecule has 1 saturated heterocycles.